The number of hydrogen-bond donors (Lipinski definition) is 0. The van der Waals surface area contributed by atoms with E-state index in [9.17, 15) is 4.79 Å². The van der Waals surface area contributed by atoms with Crippen molar-refractivity contribution in [2.24, 2.45) is 0 Å². The lowest BCUT2D eigenvalue weighted by Crippen LogP contribution is -2.31. The first-order valence-electron chi connectivity index (χ1n) is 10.4. The first-order valence-corrected chi connectivity index (χ1v) is 11.4. The van der Waals surface area contributed by atoms with E-state index in [2.05, 4.69) is 16.8 Å². The zero-order chi connectivity index (χ0) is 22.5. The highest BCUT2D eigenvalue weighted by Crippen LogP contribution is 2.36. The number of ether oxygens (including phenoxy) is 2. The number of amides is 1. The van der Waals surface area contributed by atoms with E-state index in [0.717, 1.165) is 5.56 Å². The zero-order valence-corrected chi connectivity index (χ0v) is 19.0. The van der Waals surface area contributed by atoms with Gasteiger partial charge in [-0.25, -0.2) is 0 Å². The van der Waals surface area contributed by atoms with Crippen LogP contribution in [-0.2, 0) is 11.3 Å². The van der Waals surface area contributed by atoms with E-state index < -0.39 is 0 Å². The molecule has 1 aromatic heterocycles. The number of allylic oxidation sites excluding steroid dienone is 1. The minimum absolute atomic E-state index is 0.0150. The minimum atomic E-state index is -0.386. The molecule has 3 aromatic rings. The number of thioether (sulfide) groups is 1. The summed E-state index contributed by atoms with van der Waals surface area (Å²) in [7, 11) is 1.82. The van der Waals surface area contributed by atoms with Gasteiger partial charge in [0.15, 0.2) is 28.6 Å². The van der Waals surface area contributed by atoms with Crippen molar-refractivity contribution in [1.82, 2.24) is 19.7 Å². The van der Waals surface area contributed by atoms with Gasteiger partial charge in [0.05, 0.1) is 11.8 Å². The smallest absolute Gasteiger partial charge is 0.233 e. The van der Waals surface area contributed by atoms with E-state index in [1.165, 1.54) is 11.8 Å². The summed E-state index contributed by atoms with van der Waals surface area (Å²) in [6.45, 7) is 6.72. The topological polar surface area (TPSA) is 69.5 Å². The summed E-state index contributed by atoms with van der Waals surface area (Å²) in [6.07, 6.45) is 1.39. The first kappa shape index (κ1) is 22.0. The quantitative estimate of drug-likeness (QED) is 0.377. The SMILES string of the molecule is C=CCn1c(SCC(=O)N(C)[C@H](C)c2ccccc2)nnc1[C@H]1COc2ccccc2O1. The Morgan fingerprint density at radius 3 is 2.69 bits per heavy atom. The van der Waals surface area contributed by atoms with Gasteiger partial charge < -0.3 is 14.4 Å². The Morgan fingerprint density at radius 1 is 1.22 bits per heavy atom. The fraction of sp³-hybridized carbons (Fsp3) is 0.292. The van der Waals surface area contributed by atoms with Crippen molar-refractivity contribution in [2.75, 3.05) is 19.4 Å². The van der Waals surface area contributed by atoms with Crippen molar-refractivity contribution < 1.29 is 14.3 Å². The number of para-hydroxylation sites is 2. The summed E-state index contributed by atoms with van der Waals surface area (Å²) in [5.74, 6) is 2.33. The maximum Gasteiger partial charge on any atom is 0.233 e. The fourth-order valence-electron chi connectivity index (χ4n) is 3.49. The molecule has 0 spiro atoms. The van der Waals surface area contributed by atoms with Crippen LogP contribution in [0.2, 0.25) is 0 Å². The summed E-state index contributed by atoms with van der Waals surface area (Å²) < 4.78 is 13.9. The highest BCUT2D eigenvalue weighted by atomic mass is 32.2. The molecule has 2 heterocycles. The molecule has 0 fully saturated rings. The average molecular weight is 451 g/mol. The molecule has 166 valence electrons. The third-order valence-electron chi connectivity index (χ3n) is 5.43. The lowest BCUT2D eigenvalue weighted by atomic mass is 10.1. The number of fused-ring (bicyclic) bond motifs is 1. The second kappa shape index (κ2) is 9.91. The second-order valence-corrected chi connectivity index (χ2v) is 8.43. The predicted octanol–water partition coefficient (Wildman–Crippen LogP) is 4.29. The molecule has 1 amide bonds. The third-order valence-corrected chi connectivity index (χ3v) is 6.39. The molecule has 0 aliphatic carbocycles. The summed E-state index contributed by atoms with van der Waals surface area (Å²) in [6, 6.07) is 17.5. The van der Waals surface area contributed by atoms with Crippen molar-refractivity contribution in [1.29, 1.82) is 0 Å². The van der Waals surface area contributed by atoms with Gasteiger partial charge in [0.25, 0.3) is 0 Å². The van der Waals surface area contributed by atoms with Crippen LogP contribution in [0.3, 0.4) is 0 Å². The molecule has 1 aliphatic rings. The summed E-state index contributed by atoms with van der Waals surface area (Å²) in [5, 5.41) is 9.32. The molecule has 0 unspecified atom stereocenters. The number of carbonyl (C=O) groups is 1. The Bertz CT molecular complexity index is 1090. The van der Waals surface area contributed by atoms with Crippen LogP contribution in [0.4, 0.5) is 0 Å². The number of carbonyl (C=O) groups excluding carboxylic acids is 1. The van der Waals surface area contributed by atoms with Crippen LogP contribution in [0.5, 0.6) is 11.5 Å². The average Bonchev–Trinajstić information content (AvgIpc) is 3.24. The maximum absolute atomic E-state index is 12.8. The largest absolute Gasteiger partial charge is 0.485 e. The normalized spacial score (nSPS) is 15.8. The fourth-order valence-corrected chi connectivity index (χ4v) is 4.37. The number of rotatable bonds is 8. The number of benzene rings is 2. The van der Waals surface area contributed by atoms with E-state index in [1.807, 2.05) is 73.1 Å². The van der Waals surface area contributed by atoms with Gasteiger partial charge in [-0.05, 0) is 24.6 Å². The van der Waals surface area contributed by atoms with Gasteiger partial charge in [0.2, 0.25) is 5.91 Å². The Morgan fingerprint density at radius 2 is 1.94 bits per heavy atom. The maximum atomic E-state index is 12.8. The molecule has 8 heteroatoms. The Kier molecular flexibility index (Phi) is 6.80. The third kappa shape index (κ3) is 4.65. The van der Waals surface area contributed by atoms with Gasteiger partial charge in [-0.2, -0.15) is 0 Å². The van der Waals surface area contributed by atoms with Crippen LogP contribution in [0.15, 0.2) is 72.4 Å². The van der Waals surface area contributed by atoms with E-state index in [-0.39, 0.29) is 23.8 Å². The lowest BCUT2D eigenvalue weighted by molar-refractivity contribution is -0.128. The molecule has 1 aliphatic heterocycles. The molecular weight excluding hydrogens is 424 g/mol. The zero-order valence-electron chi connectivity index (χ0n) is 18.2. The molecular formula is C24H26N4O3S. The van der Waals surface area contributed by atoms with E-state index in [0.29, 0.717) is 35.6 Å². The first-order chi connectivity index (χ1) is 15.6. The molecule has 4 rings (SSSR count). The Hall–Kier alpha value is -3.26. The van der Waals surface area contributed by atoms with Crippen LogP contribution in [0, 0.1) is 0 Å². The van der Waals surface area contributed by atoms with E-state index >= 15 is 0 Å². The Balaban J connectivity index is 1.45. The molecule has 7 nitrogen and oxygen atoms in total. The van der Waals surface area contributed by atoms with Gasteiger partial charge >= 0.3 is 0 Å². The summed E-state index contributed by atoms with van der Waals surface area (Å²) >= 11 is 1.36. The van der Waals surface area contributed by atoms with Crippen molar-refractivity contribution in [3.8, 4) is 11.5 Å². The summed E-state index contributed by atoms with van der Waals surface area (Å²) in [5.41, 5.74) is 1.10. The molecule has 0 bridgehead atoms. The molecule has 0 radical (unpaired) electrons. The highest BCUT2D eigenvalue weighted by Gasteiger charge is 2.28. The van der Waals surface area contributed by atoms with Gasteiger partial charge in [-0.3, -0.25) is 9.36 Å². The highest BCUT2D eigenvalue weighted by molar-refractivity contribution is 7.99. The van der Waals surface area contributed by atoms with Gasteiger partial charge in [-0.1, -0.05) is 60.3 Å². The molecule has 2 atom stereocenters. The molecule has 0 N–H and O–H groups in total. The molecule has 0 saturated carbocycles. The number of aromatic nitrogens is 3. The van der Waals surface area contributed by atoms with Crippen molar-refractivity contribution in [3.63, 3.8) is 0 Å². The van der Waals surface area contributed by atoms with Gasteiger partial charge in [0, 0.05) is 13.6 Å². The van der Waals surface area contributed by atoms with Crippen LogP contribution >= 0.6 is 11.8 Å². The molecule has 0 saturated heterocycles. The van der Waals surface area contributed by atoms with Crippen molar-refractivity contribution in [2.45, 2.75) is 30.8 Å². The van der Waals surface area contributed by atoms with Gasteiger partial charge in [-0.15, -0.1) is 16.8 Å². The monoisotopic (exact) mass is 450 g/mol. The number of nitrogens with zero attached hydrogens (tertiary/aromatic N) is 4. The second-order valence-electron chi connectivity index (χ2n) is 7.48. The van der Waals surface area contributed by atoms with Crippen LogP contribution < -0.4 is 9.47 Å². The summed E-state index contributed by atoms with van der Waals surface area (Å²) in [4.78, 5) is 14.6. The van der Waals surface area contributed by atoms with E-state index in [4.69, 9.17) is 9.47 Å². The van der Waals surface area contributed by atoms with Crippen LogP contribution in [0.1, 0.15) is 30.5 Å². The van der Waals surface area contributed by atoms with Gasteiger partial charge in [0.1, 0.15) is 6.61 Å². The standard InChI is InChI=1S/C24H26N4O3S/c1-4-14-28-23(21-15-30-19-12-8-9-13-20(19)31-21)25-26-24(28)32-16-22(29)27(3)17(2)18-10-6-5-7-11-18/h4-13,17,21H,1,14-16H2,2-3H3/t17-,21-/m1/s1. The van der Waals surface area contributed by atoms with E-state index in [1.54, 1.807) is 11.0 Å². The number of hydrogen-bond acceptors (Lipinski definition) is 6. The lowest BCUT2D eigenvalue weighted by Gasteiger charge is -2.26. The van der Waals surface area contributed by atoms with Crippen molar-refractivity contribution in [3.05, 3.63) is 78.6 Å². The van der Waals surface area contributed by atoms with Crippen molar-refractivity contribution >= 4 is 17.7 Å². The van der Waals surface area contributed by atoms with Crippen LogP contribution in [-0.4, -0.2) is 45.0 Å². The molecule has 2 aromatic carbocycles. The molecule has 32 heavy (non-hydrogen) atoms. The minimum Gasteiger partial charge on any atom is -0.485 e. The van der Waals surface area contributed by atoms with Crippen LogP contribution in [0.25, 0.3) is 0 Å². The predicted molar refractivity (Wildman–Crippen MR) is 124 cm³/mol. The Labute approximate surface area is 192 Å².